The Bertz CT molecular complexity index is 781. The van der Waals surface area contributed by atoms with Gasteiger partial charge in [-0.05, 0) is 42.0 Å². The Hall–Kier alpha value is -2.50. The first kappa shape index (κ1) is 17.3. The predicted octanol–water partition coefficient (Wildman–Crippen LogP) is 4.50. The van der Waals surface area contributed by atoms with Crippen LogP contribution in [0, 0.1) is 0 Å². The summed E-state index contributed by atoms with van der Waals surface area (Å²) in [6.45, 7) is 0.722. The van der Waals surface area contributed by atoms with Crippen LogP contribution in [0.25, 0.3) is 0 Å². The first-order chi connectivity index (χ1) is 12.3. The number of hydrazine groups is 1. The van der Waals surface area contributed by atoms with Gasteiger partial charge < -0.3 is 10.2 Å². The third-order valence-electron chi connectivity index (χ3n) is 3.66. The first-order valence-corrected chi connectivity index (χ1v) is 9.07. The molecule has 0 aliphatic rings. The van der Waals surface area contributed by atoms with Crippen molar-refractivity contribution < 1.29 is 4.74 Å². The number of hydrogen-bond acceptors (Lipinski definition) is 5. The molecule has 0 saturated heterocycles. The van der Waals surface area contributed by atoms with Gasteiger partial charge in [-0.25, -0.2) is 10.4 Å². The average molecular weight is 351 g/mol. The third kappa shape index (κ3) is 5.24. The number of thioether (sulfide) groups is 1. The van der Waals surface area contributed by atoms with Gasteiger partial charge in [0.1, 0.15) is 5.75 Å². The number of aromatic nitrogens is 1. The van der Waals surface area contributed by atoms with Crippen molar-refractivity contribution in [3.8, 4) is 5.75 Å². The summed E-state index contributed by atoms with van der Waals surface area (Å²) < 4.78 is 5.49. The molecule has 1 heterocycles. The average Bonchev–Trinajstić information content (AvgIpc) is 2.68. The number of anilines is 1. The number of pyridine rings is 1. The molecule has 3 aromatic rings. The number of nitrogens with one attached hydrogen (secondary N) is 2. The van der Waals surface area contributed by atoms with E-state index in [0.717, 1.165) is 34.3 Å². The van der Waals surface area contributed by atoms with E-state index in [9.17, 15) is 0 Å². The fourth-order valence-corrected chi connectivity index (χ4v) is 3.25. The molecule has 128 valence electrons. The van der Waals surface area contributed by atoms with Crippen molar-refractivity contribution >= 4 is 17.4 Å². The summed E-state index contributed by atoms with van der Waals surface area (Å²) in [6, 6.07) is 22.3. The molecule has 0 aliphatic heterocycles. The molecule has 1 aromatic heterocycles. The van der Waals surface area contributed by atoms with Gasteiger partial charge in [-0.15, -0.1) is 11.8 Å². The molecule has 0 spiro atoms. The summed E-state index contributed by atoms with van der Waals surface area (Å²) >= 11 is 1.71. The van der Waals surface area contributed by atoms with Gasteiger partial charge in [-0.1, -0.05) is 30.3 Å². The van der Waals surface area contributed by atoms with Crippen LogP contribution in [0.15, 0.2) is 78.0 Å². The second-order valence-corrected chi connectivity index (χ2v) is 6.44. The van der Waals surface area contributed by atoms with Crippen LogP contribution in [0.3, 0.4) is 0 Å². The lowest BCUT2D eigenvalue weighted by Gasteiger charge is -2.12. The molecule has 0 fully saturated rings. The molecular formula is C20H21N3OS. The van der Waals surface area contributed by atoms with Crippen molar-refractivity contribution in [1.29, 1.82) is 0 Å². The molecule has 2 aromatic carbocycles. The Morgan fingerprint density at radius 3 is 2.60 bits per heavy atom. The van der Waals surface area contributed by atoms with Gasteiger partial charge in [0.2, 0.25) is 0 Å². The van der Waals surface area contributed by atoms with Crippen molar-refractivity contribution in [1.82, 2.24) is 10.4 Å². The van der Waals surface area contributed by atoms with Crippen LogP contribution >= 0.6 is 11.8 Å². The fraction of sp³-hybridized carbons (Fsp3) is 0.150. The van der Waals surface area contributed by atoms with E-state index < -0.39 is 0 Å². The molecule has 0 atom stereocenters. The maximum Gasteiger partial charge on any atom is 0.122 e. The van der Waals surface area contributed by atoms with Gasteiger partial charge in [0.05, 0.1) is 12.1 Å². The van der Waals surface area contributed by atoms with Gasteiger partial charge in [-0.3, -0.25) is 0 Å². The fourth-order valence-electron chi connectivity index (χ4n) is 2.41. The second-order valence-electron chi connectivity index (χ2n) is 5.45. The van der Waals surface area contributed by atoms with E-state index >= 15 is 0 Å². The third-order valence-corrected chi connectivity index (χ3v) is 4.65. The summed E-state index contributed by atoms with van der Waals surface area (Å²) in [5.74, 6) is 1.73. The van der Waals surface area contributed by atoms with Crippen LogP contribution in [0.1, 0.15) is 11.1 Å². The lowest BCUT2D eigenvalue weighted by atomic mass is 10.1. The molecule has 3 rings (SSSR count). The predicted molar refractivity (Wildman–Crippen MR) is 104 cm³/mol. The lowest BCUT2D eigenvalue weighted by Crippen LogP contribution is -2.20. The highest BCUT2D eigenvalue weighted by molar-refractivity contribution is 7.98. The summed E-state index contributed by atoms with van der Waals surface area (Å²) in [7, 11) is 1.71. The molecule has 0 amide bonds. The van der Waals surface area contributed by atoms with Gasteiger partial charge in [0, 0.05) is 29.7 Å². The SMILES string of the molecule is COc1ccc(CNNc2ccccc2)cc1CSc1ccccn1. The Morgan fingerprint density at radius 1 is 1.00 bits per heavy atom. The molecule has 0 aliphatic carbocycles. The summed E-state index contributed by atoms with van der Waals surface area (Å²) in [4.78, 5) is 4.35. The van der Waals surface area contributed by atoms with Crippen LogP contribution in [0.4, 0.5) is 5.69 Å². The zero-order valence-corrected chi connectivity index (χ0v) is 14.9. The van der Waals surface area contributed by atoms with E-state index in [-0.39, 0.29) is 0 Å². The van der Waals surface area contributed by atoms with E-state index in [1.807, 2.05) is 60.8 Å². The number of benzene rings is 2. The Labute approximate surface area is 152 Å². The normalized spacial score (nSPS) is 10.4. The molecule has 0 saturated carbocycles. The number of hydrogen-bond donors (Lipinski definition) is 2. The second kappa shape index (κ2) is 9.11. The number of para-hydroxylation sites is 1. The van der Waals surface area contributed by atoms with Gasteiger partial charge in [0.15, 0.2) is 0 Å². The number of rotatable bonds is 8. The molecule has 25 heavy (non-hydrogen) atoms. The van der Waals surface area contributed by atoms with E-state index in [1.54, 1.807) is 18.9 Å². The van der Waals surface area contributed by atoms with Crippen LogP contribution in [0.5, 0.6) is 5.75 Å². The van der Waals surface area contributed by atoms with Crippen molar-refractivity contribution in [3.63, 3.8) is 0 Å². The van der Waals surface area contributed by atoms with E-state index in [4.69, 9.17) is 4.74 Å². The van der Waals surface area contributed by atoms with Crippen molar-refractivity contribution in [2.45, 2.75) is 17.3 Å². The van der Waals surface area contributed by atoms with Crippen molar-refractivity contribution in [2.75, 3.05) is 12.5 Å². The molecule has 2 N–H and O–H groups in total. The largest absolute Gasteiger partial charge is 0.496 e. The van der Waals surface area contributed by atoms with Crippen molar-refractivity contribution in [3.05, 3.63) is 84.1 Å². The quantitative estimate of drug-likeness (QED) is 0.462. The topological polar surface area (TPSA) is 46.2 Å². The lowest BCUT2D eigenvalue weighted by molar-refractivity contribution is 0.411. The molecule has 4 nitrogen and oxygen atoms in total. The van der Waals surface area contributed by atoms with Gasteiger partial charge >= 0.3 is 0 Å². The molecule has 0 bridgehead atoms. The molecule has 0 radical (unpaired) electrons. The summed E-state index contributed by atoms with van der Waals surface area (Å²) in [5, 5.41) is 1.01. The molecule has 5 heteroatoms. The van der Waals surface area contributed by atoms with E-state index in [1.165, 1.54) is 5.56 Å². The van der Waals surface area contributed by atoms with E-state index in [0.29, 0.717) is 0 Å². The zero-order chi connectivity index (χ0) is 17.3. The minimum Gasteiger partial charge on any atom is -0.496 e. The van der Waals surface area contributed by atoms with Crippen LogP contribution in [-0.2, 0) is 12.3 Å². The Morgan fingerprint density at radius 2 is 1.84 bits per heavy atom. The van der Waals surface area contributed by atoms with E-state index in [2.05, 4.69) is 28.0 Å². The summed E-state index contributed by atoms with van der Waals surface area (Å²) in [6.07, 6.45) is 1.81. The van der Waals surface area contributed by atoms with Crippen LogP contribution in [0.2, 0.25) is 0 Å². The molecular weight excluding hydrogens is 330 g/mol. The summed E-state index contributed by atoms with van der Waals surface area (Å²) in [5.41, 5.74) is 9.85. The highest BCUT2D eigenvalue weighted by Gasteiger charge is 2.06. The minimum atomic E-state index is 0.722. The Kier molecular flexibility index (Phi) is 6.31. The van der Waals surface area contributed by atoms with Gasteiger partial charge in [0.25, 0.3) is 0 Å². The minimum absolute atomic E-state index is 0.722. The highest BCUT2D eigenvalue weighted by atomic mass is 32.2. The first-order valence-electron chi connectivity index (χ1n) is 8.09. The standard InChI is InChI=1S/C20H21N3OS/c1-24-19-11-10-16(14-22-23-18-7-3-2-4-8-18)13-17(19)15-25-20-9-5-6-12-21-20/h2-13,22-23H,14-15H2,1H3. The maximum atomic E-state index is 5.49. The van der Waals surface area contributed by atoms with Crippen LogP contribution < -0.4 is 15.6 Å². The number of methoxy groups -OCH3 is 1. The Balaban J connectivity index is 1.61. The maximum absolute atomic E-state index is 5.49. The number of ether oxygens (including phenoxy) is 1. The smallest absolute Gasteiger partial charge is 0.122 e. The van der Waals surface area contributed by atoms with Gasteiger partial charge in [-0.2, -0.15) is 0 Å². The number of nitrogens with zero attached hydrogens (tertiary/aromatic N) is 1. The monoisotopic (exact) mass is 351 g/mol. The highest BCUT2D eigenvalue weighted by Crippen LogP contribution is 2.27. The molecule has 0 unspecified atom stereocenters. The van der Waals surface area contributed by atoms with Crippen LogP contribution in [-0.4, -0.2) is 12.1 Å². The van der Waals surface area contributed by atoms with Crippen molar-refractivity contribution in [2.24, 2.45) is 0 Å². The zero-order valence-electron chi connectivity index (χ0n) is 14.1.